The molecule has 2 heteroatoms. The van der Waals surface area contributed by atoms with Crippen molar-refractivity contribution in [3.63, 3.8) is 0 Å². The number of hydrogen-bond donors (Lipinski definition) is 1. The number of halogens is 1. The first-order valence-corrected chi connectivity index (χ1v) is 6.27. The fourth-order valence-electron chi connectivity index (χ4n) is 1.91. The minimum absolute atomic E-state index is 0.150. The van der Waals surface area contributed by atoms with Crippen LogP contribution in [0.4, 0.5) is 4.39 Å². The molecule has 2 rings (SSSR count). The smallest absolute Gasteiger partial charge is 0.126 e. The Kier molecular flexibility index (Phi) is 4.11. The summed E-state index contributed by atoms with van der Waals surface area (Å²) in [6.07, 6.45) is 0. The lowest BCUT2D eigenvalue weighted by Crippen LogP contribution is -2.11. The highest BCUT2D eigenvalue weighted by Gasteiger charge is 2.01. The molecule has 0 fully saturated rings. The van der Waals surface area contributed by atoms with E-state index in [1.54, 1.807) is 6.92 Å². The molecular formula is C16H18FN. The maximum atomic E-state index is 13.2. The summed E-state index contributed by atoms with van der Waals surface area (Å²) in [5.74, 6) is -0.150. The Balaban J connectivity index is 2.20. The third kappa shape index (κ3) is 2.96. The van der Waals surface area contributed by atoms with Gasteiger partial charge in [0.2, 0.25) is 0 Å². The predicted octanol–water partition coefficient (Wildman–Crippen LogP) is 3.91. The second kappa shape index (κ2) is 5.78. The molecule has 0 aromatic heterocycles. The van der Waals surface area contributed by atoms with Crippen LogP contribution in [0.5, 0.6) is 0 Å². The summed E-state index contributed by atoms with van der Waals surface area (Å²) in [6, 6.07) is 13.6. The van der Waals surface area contributed by atoms with Gasteiger partial charge < -0.3 is 5.32 Å². The first kappa shape index (κ1) is 12.8. The number of benzene rings is 2. The van der Waals surface area contributed by atoms with Crippen molar-refractivity contribution in [1.82, 2.24) is 5.32 Å². The molecule has 2 aromatic rings. The molecule has 0 atom stereocenters. The zero-order chi connectivity index (χ0) is 13.0. The second-order valence-electron chi connectivity index (χ2n) is 4.44. The van der Waals surface area contributed by atoms with E-state index in [0.717, 1.165) is 24.2 Å². The first-order valence-electron chi connectivity index (χ1n) is 6.27. The summed E-state index contributed by atoms with van der Waals surface area (Å²) in [5, 5.41) is 3.29. The summed E-state index contributed by atoms with van der Waals surface area (Å²) in [5.41, 5.74) is 4.13. The molecule has 0 saturated heterocycles. The zero-order valence-corrected chi connectivity index (χ0v) is 10.8. The monoisotopic (exact) mass is 243 g/mol. The largest absolute Gasteiger partial charge is 0.313 e. The minimum Gasteiger partial charge on any atom is -0.313 e. The van der Waals surface area contributed by atoms with Crippen LogP contribution < -0.4 is 5.32 Å². The Hall–Kier alpha value is -1.67. The Morgan fingerprint density at radius 1 is 1.00 bits per heavy atom. The number of aryl methyl sites for hydroxylation is 1. The van der Waals surface area contributed by atoms with Crippen LogP contribution in [0.3, 0.4) is 0 Å². The summed E-state index contributed by atoms with van der Waals surface area (Å²) >= 11 is 0. The van der Waals surface area contributed by atoms with Crippen LogP contribution in [0.25, 0.3) is 11.1 Å². The summed E-state index contributed by atoms with van der Waals surface area (Å²) < 4.78 is 13.2. The molecule has 0 aliphatic carbocycles. The highest BCUT2D eigenvalue weighted by atomic mass is 19.1. The predicted molar refractivity (Wildman–Crippen MR) is 74.0 cm³/mol. The average Bonchev–Trinajstić information content (AvgIpc) is 2.40. The van der Waals surface area contributed by atoms with Gasteiger partial charge in [-0.3, -0.25) is 0 Å². The van der Waals surface area contributed by atoms with E-state index in [1.807, 2.05) is 12.1 Å². The third-order valence-corrected chi connectivity index (χ3v) is 3.02. The molecule has 0 aliphatic rings. The van der Waals surface area contributed by atoms with Crippen molar-refractivity contribution in [2.45, 2.75) is 20.4 Å². The van der Waals surface area contributed by atoms with Gasteiger partial charge in [-0.2, -0.15) is 0 Å². The molecule has 0 aliphatic heterocycles. The van der Waals surface area contributed by atoms with Crippen LogP contribution in [0, 0.1) is 12.7 Å². The van der Waals surface area contributed by atoms with Crippen molar-refractivity contribution in [2.24, 2.45) is 0 Å². The molecule has 1 N–H and O–H groups in total. The van der Waals surface area contributed by atoms with Gasteiger partial charge in [0.05, 0.1) is 0 Å². The maximum Gasteiger partial charge on any atom is 0.126 e. The number of rotatable bonds is 4. The lowest BCUT2D eigenvalue weighted by molar-refractivity contribution is 0.619. The third-order valence-electron chi connectivity index (χ3n) is 3.02. The van der Waals surface area contributed by atoms with Crippen LogP contribution in [0.2, 0.25) is 0 Å². The average molecular weight is 243 g/mol. The molecule has 1 nitrogen and oxygen atoms in total. The molecule has 18 heavy (non-hydrogen) atoms. The van der Waals surface area contributed by atoms with Crippen molar-refractivity contribution < 1.29 is 4.39 Å². The van der Waals surface area contributed by atoms with Crippen molar-refractivity contribution >= 4 is 0 Å². The van der Waals surface area contributed by atoms with E-state index in [1.165, 1.54) is 11.6 Å². The van der Waals surface area contributed by atoms with Crippen LogP contribution >= 0.6 is 0 Å². The topological polar surface area (TPSA) is 12.0 Å². The molecule has 0 unspecified atom stereocenters. The molecule has 0 spiro atoms. The highest BCUT2D eigenvalue weighted by Crippen LogP contribution is 2.22. The quantitative estimate of drug-likeness (QED) is 0.858. The highest BCUT2D eigenvalue weighted by molar-refractivity contribution is 5.64. The molecular weight excluding hydrogens is 225 g/mol. The van der Waals surface area contributed by atoms with Crippen LogP contribution in [-0.2, 0) is 6.54 Å². The molecule has 0 bridgehead atoms. The maximum absolute atomic E-state index is 13.2. The van der Waals surface area contributed by atoms with Gasteiger partial charge in [0.1, 0.15) is 5.82 Å². The van der Waals surface area contributed by atoms with E-state index in [4.69, 9.17) is 0 Å². The van der Waals surface area contributed by atoms with Gasteiger partial charge in [-0.15, -0.1) is 0 Å². The molecule has 0 amide bonds. The molecule has 0 radical (unpaired) electrons. The van der Waals surface area contributed by atoms with Gasteiger partial charge in [-0.05, 0) is 47.9 Å². The summed E-state index contributed by atoms with van der Waals surface area (Å²) in [6.45, 7) is 5.74. The SMILES string of the molecule is CCNCc1ccc(-c2ccc(F)c(C)c2)cc1. The van der Waals surface area contributed by atoms with E-state index in [0.29, 0.717) is 5.56 Å². The fraction of sp³-hybridized carbons (Fsp3) is 0.250. The van der Waals surface area contributed by atoms with E-state index in [9.17, 15) is 4.39 Å². The number of nitrogens with one attached hydrogen (secondary N) is 1. The van der Waals surface area contributed by atoms with Crippen LogP contribution in [0.15, 0.2) is 42.5 Å². The van der Waals surface area contributed by atoms with Crippen molar-refractivity contribution in [3.05, 3.63) is 59.4 Å². The standard InChI is InChI=1S/C16H18FN/c1-3-18-11-13-4-6-14(7-5-13)15-8-9-16(17)12(2)10-15/h4-10,18H,3,11H2,1-2H3. The van der Waals surface area contributed by atoms with Gasteiger partial charge >= 0.3 is 0 Å². The fourth-order valence-corrected chi connectivity index (χ4v) is 1.91. The Morgan fingerprint density at radius 3 is 2.28 bits per heavy atom. The van der Waals surface area contributed by atoms with Crippen LogP contribution in [-0.4, -0.2) is 6.54 Å². The molecule has 94 valence electrons. The van der Waals surface area contributed by atoms with E-state index in [-0.39, 0.29) is 5.82 Å². The van der Waals surface area contributed by atoms with Gasteiger partial charge in [0, 0.05) is 6.54 Å². The Morgan fingerprint density at radius 2 is 1.67 bits per heavy atom. The van der Waals surface area contributed by atoms with Gasteiger partial charge in [-0.25, -0.2) is 4.39 Å². The first-order chi connectivity index (χ1) is 8.70. The van der Waals surface area contributed by atoms with Crippen molar-refractivity contribution in [1.29, 1.82) is 0 Å². The second-order valence-corrected chi connectivity index (χ2v) is 4.44. The molecule has 0 heterocycles. The Labute approximate surface area is 108 Å². The van der Waals surface area contributed by atoms with Gasteiger partial charge in [0.15, 0.2) is 0 Å². The molecule has 2 aromatic carbocycles. The lowest BCUT2D eigenvalue weighted by atomic mass is 10.0. The minimum atomic E-state index is -0.150. The van der Waals surface area contributed by atoms with Gasteiger partial charge in [0.25, 0.3) is 0 Å². The van der Waals surface area contributed by atoms with Crippen LogP contribution in [0.1, 0.15) is 18.1 Å². The summed E-state index contributed by atoms with van der Waals surface area (Å²) in [4.78, 5) is 0. The van der Waals surface area contributed by atoms with Gasteiger partial charge in [-0.1, -0.05) is 37.3 Å². The number of hydrogen-bond acceptors (Lipinski definition) is 1. The van der Waals surface area contributed by atoms with Crippen molar-refractivity contribution in [3.8, 4) is 11.1 Å². The Bertz CT molecular complexity index is 517. The van der Waals surface area contributed by atoms with E-state index >= 15 is 0 Å². The van der Waals surface area contributed by atoms with E-state index in [2.05, 4.69) is 36.5 Å². The molecule has 0 saturated carbocycles. The normalized spacial score (nSPS) is 10.6. The van der Waals surface area contributed by atoms with E-state index < -0.39 is 0 Å². The van der Waals surface area contributed by atoms with Crippen molar-refractivity contribution in [2.75, 3.05) is 6.54 Å². The lowest BCUT2D eigenvalue weighted by Gasteiger charge is -2.06. The summed E-state index contributed by atoms with van der Waals surface area (Å²) in [7, 11) is 0. The zero-order valence-electron chi connectivity index (χ0n) is 10.8.